The van der Waals surface area contributed by atoms with Crippen LogP contribution in [0.4, 0.5) is 5.69 Å². The molecule has 172 valence electrons. The average Bonchev–Trinajstić information content (AvgIpc) is 2.81. The van der Waals surface area contributed by atoms with Crippen molar-refractivity contribution in [1.29, 1.82) is 0 Å². The largest absolute Gasteiger partial charge is 0.466 e. The molecule has 1 amide bonds. The average molecular weight is 446 g/mol. The molecule has 6 nitrogen and oxygen atoms in total. The smallest absolute Gasteiger partial charge is 0.312 e. The number of fused-ring (bicyclic) bond motifs is 1. The number of pyridine rings is 1. The number of nitrogens with zero attached hydrogens (tertiary/aromatic N) is 2. The minimum absolute atomic E-state index is 0.0807. The Kier molecular flexibility index (Phi) is 7.04. The second-order valence-corrected chi connectivity index (χ2v) is 8.80. The molecule has 0 spiro atoms. The van der Waals surface area contributed by atoms with Crippen molar-refractivity contribution >= 4 is 28.5 Å². The number of hydrogen-bond acceptors (Lipinski definition) is 5. The number of ether oxygens (including phenoxy) is 1. The van der Waals surface area contributed by atoms with Crippen LogP contribution in [0.5, 0.6) is 0 Å². The second kappa shape index (κ2) is 10.1. The minimum Gasteiger partial charge on any atom is -0.466 e. The van der Waals surface area contributed by atoms with Gasteiger partial charge in [-0.25, -0.2) is 0 Å². The zero-order chi connectivity index (χ0) is 23.3. The van der Waals surface area contributed by atoms with Crippen LogP contribution in [0, 0.1) is 5.41 Å². The summed E-state index contributed by atoms with van der Waals surface area (Å²) in [4.78, 5) is 31.6. The maximum absolute atomic E-state index is 13.0. The minimum atomic E-state index is -0.474. The number of carbonyl (C=O) groups is 2. The van der Waals surface area contributed by atoms with Gasteiger partial charge in [-0.15, -0.1) is 0 Å². The molecule has 1 N–H and O–H groups in total. The van der Waals surface area contributed by atoms with Crippen LogP contribution in [0.3, 0.4) is 0 Å². The molecule has 1 aliphatic rings. The van der Waals surface area contributed by atoms with Gasteiger partial charge in [0, 0.05) is 18.9 Å². The monoisotopic (exact) mass is 445 g/mol. The highest BCUT2D eigenvalue weighted by Crippen LogP contribution is 2.37. The molecular formula is C27H31N3O3. The predicted octanol–water partition coefficient (Wildman–Crippen LogP) is 4.58. The molecule has 1 fully saturated rings. The van der Waals surface area contributed by atoms with E-state index in [0.29, 0.717) is 13.0 Å². The van der Waals surface area contributed by atoms with Gasteiger partial charge in [0.15, 0.2) is 0 Å². The number of nitrogens with one attached hydrogen (secondary N) is 1. The first kappa shape index (κ1) is 22.9. The zero-order valence-electron chi connectivity index (χ0n) is 19.3. The molecule has 2 heterocycles. The van der Waals surface area contributed by atoms with Crippen molar-refractivity contribution < 1.29 is 14.3 Å². The first-order chi connectivity index (χ1) is 16.0. The Labute approximate surface area is 195 Å². The summed E-state index contributed by atoms with van der Waals surface area (Å²) in [5.41, 5.74) is 3.31. The van der Waals surface area contributed by atoms with Gasteiger partial charge in [0.25, 0.3) is 0 Å². The maximum Gasteiger partial charge on any atom is 0.312 e. The van der Waals surface area contributed by atoms with Crippen LogP contribution < -0.4 is 5.32 Å². The van der Waals surface area contributed by atoms with Gasteiger partial charge in [-0.1, -0.05) is 36.4 Å². The number of carbonyl (C=O) groups excluding carboxylic acids is 2. The summed E-state index contributed by atoms with van der Waals surface area (Å²) in [7, 11) is 0. The number of piperidine rings is 1. The molecule has 4 rings (SSSR count). The Morgan fingerprint density at radius 1 is 1.03 bits per heavy atom. The van der Waals surface area contributed by atoms with Gasteiger partial charge < -0.3 is 10.1 Å². The van der Waals surface area contributed by atoms with E-state index in [-0.39, 0.29) is 11.9 Å². The fourth-order valence-corrected chi connectivity index (χ4v) is 4.68. The Hall–Kier alpha value is -3.25. The van der Waals surface area contributed by atoms with E-state index in [1.807, 2.05) is 55.5 Å². The number of amides is 1. The van der Waals surface area contributed by atoms with Crippen LogP contribution in [0.25, 0.3) is 10.9 Å². The number of anilines is 1. The van der Waals surface area contributed by atoms with Gasteiger partial charge in [-0.05, 0) is 69.1 Å². The molecule has 33 heavy (non-hydrogen) atoms. The topological polar surface area (TPSA) is 71.5 Å². The van der Waals surface area contributed by atoms with Crippen LogP contribution in [-0.2, 0) is 27.3 Å². The van der Waals surface area contributed by atoms with E-state index in [1.54, 1.807) is 0 Å². The molecule has 1 aromatic heterocycles. The highest BCUT2D eigenvalue weighted by atomic mass is 16.5. The summed E-state index contributed by atoms with van der Waals surface area (Å²) >= 11 is 0. The first-order valence-corrected chi connectivity index (χ1v) is 11.6. The van der Waals surface area contributed by atoms with Crippen LogP contribution >= 0.6 is 0 Å². The van der Waals surface area contributed by atoms with Crippen molar-refractivity contribution in [1.82, 2.24) is 9.88 Å². The van der Waals surface area contributed by atoms with E-state index >= 15 is 0 Å². The van der Waals surface area contributed by atoms with E-state index in [9.17, 15) is 9.59 Å². The summed E-state index contributed by atoms with van der Waals surface area (Å²) in [6, 6.07) is 20.0. The summed E-state index contributed by atoms with van der Waals surface area (Å²) in [6.45, 7) is 6.14. The fraction of sp³-hybridized carbons (Fsp3) is 0.370. The van der Waals surface area contributed by atoms with Crippen LogP contribution in [0.2, 0.25) is 0 Å². The number of benzene rings is 2. The third kappa shape index (κ3) is 5.40. The third-order valence-electron chi connectivity index (χ3n) is 6.39. The van der Waals surface area contributed by atoms with Crippen LogP contribution in [0.1, 0.15) is 37.9 Å². The third-order valence-corrected chi connectivity index (χ3v) is 6.39. The highest BCUT2D eigenvalue weighted by Gasteiger charge is 2.42. The molecule has 1 aliphatic heterocycles. The highest BCUT2D eigenvalue weighted by molar-refractivity contribution is 6.00. The van der Waals surface area contributed by atoms with Gasteiger partial charge in [0.05, 0.1) is 28.9 Å². The van der Waals surface area contributed by atoms with Crippen molar-refractivity contribution in [3.05, 3.63) is 71.9 Å². The molecule has 0 unspecified atom stereocenters. The second-order valence-electron chi connectivity index (χ2n) is 8.80. The first-order valence-electron chi connectivity index (χ1n) is 11.6. The van der Waals surface area contributed by atoms with E-state index in [0.717, 1.165) is 54.8 Å². The van der Waals surface area contributed by atoms with E-state index in [2.05, 4.69) is 22.3 Å². The summed E-state index contributed by atoms with van der Waals surface area (Å²) in [6.07, 6.45) is 2.24. The lowest BCUT2D eigenvalue weighted by atomic mass is 9.73. The standard InChI is InChI=1S/C27H31N3O3/c1-3-33-26(32)27(18-21-8-5-4-6-9-21)14-16-30(17-15-27)19-22-12-13-23-24(28-20(2)31)10-7-11-25(23)29-22/h4-13H,3,14-19H2,1-2H3,(H,28,31). The lowest BCUT2D eigenvalue weighted by Crippen LogP contribution is -2.46. The fourth-order valence-electron chi connectivity index (χ4n) is 4.68. The summed E-state index contributed by atoms with van der Waals surface area (Å²) in [5, 5.41) is 3.80. The van der Waals surface area contributed by atoms with Gasteiger partial charge in [0.2, 0.25) is 5.91 Å². The molecule has 0 aliphatic carbocycles. The molecule has 2 aromatic carbocycles. The van der Waals surface area contributed by atoms with Crippen molar-refractivity contribution in [2.75, 3.05) is 25.0 Å². The molecule has 0 atom stereocenters. The molecule has 6 heteroatoms. The molecule has 1 saturated heterocycles. The van der Waals surface area contributed by atoms with Crippen LogP contribution in [-0.4, -0.2) is 41.5 Å². The Bertz CT molecular complexity index is 1120. The Morgan fingerprint density at radius 2 is 1.79 bits per heavy atom. The van der Waals surface area contributed by atoms with Gasteiger partial charge in [0.1, 0.15) is 0 Å². The quantitative estimate of drug-likeness (QED) is 0.539. The normalized spacial score (nSPS) is 15.8. The van der Waals surface area contributed by atoms with Crippen molar-refractivity contribution in [2.45, 2.75) is 39.7 Å². The number of rotatable bonds is 7. The molecule has 3 aromatic rings. The van der Waals surface area contributed by atoms with Gasteiger partial charge in [-0.3, -0.25) is 19.5 Å². The van der Waals surface area contributed by atoms with Crippen molar-refractivity contribution in [3.63, 3.8) is 0 Å². The number of hydrogen-bond donors (Lipinski definition) is 1. The predicted molar refractivity (Wildman–Crippen MR) is 130 cm³/mol. The summed E-state index contributed by atoms with van der Waals surface area (Å²) in [5.74, 6) is -0.177. The lowest BCUT2D eigenvalue weighted by Gasteiger charge is -2.40. The van der Waals surface area contributed by atoms with Gasteiger partial charge in [-0.2, -0.15) is 0 Å². The van der Waals surface area contributed by atoms with E-state index in [4.69, 9.17) is 9.72 Å². The molecule has 0 radical (unpaired) electrons. The maximum atomic E-state index is 13.0. The van der Waals surface area contributed by atoms with Gasteiger partial charge >= 0.3 is 5.97 Å². The number of likely N-dealkylation sites (tertiary alicyclic amines) is 1. The van der Waals surface area contributed by atoms with Crippen molar-refractivity contribution in [3.8, 4) is 0 Å². The van der Waals surface area contributed by atoms with E-state index in [1.165, 1.54) is 12.5 Å². The lowest BCUT2D eigenvalue weighted by molar-refractivity contribution is -0.158. The molecule has 0 saturated carbocycles. The Balaban J connectivity index is 1.46. The zero-order valence-corrected chi connectivity index (χ0v) is 19.3. The van der Waals surface area contributed by atoms with Crippen LogP contribution in [0.15, 0.2) is 60.7 Å². The van der Waals surface area contributed by atoms with E-state index < -0.39 is 5.41 Å². The molecule has 0 bridgehead atoms. The number of aromatic nitrogens is 1. The Morgan fingerprint density at radius 3 is 2.48 bits per heavy atom. The number of esters is 1. The van der Waals surface area contributed by atoms with Crippen molar-refractivity contribution in [2.24, 2.45) is 5.41 Å². The SMILES string of the molecule is CCOC(=O)C1(Cc2ccccc2)CCN(Cc2ccc3c(NC(C)=O)cccc3n2)CC1. The summed E-state index contributed by atoms with van der Waals surface area (Å²) < 4.78 is 5.50. The molecular weight excluding hydrogens is 414 g/mol.